The molecule has 1 aromatic carbocycles. The van der Waals surface area contributed by atoms with Gasteiger partial charge in [-0.25, -0.2) is 4.99 Å². The number of halogens is 1. The van der Waals surface area contributed by atoms with Crippen molar-refractivity contribution in [2.24, 2.45) is 10.9 Å². The fourth-order valence-corrected chi connectivity index (χ4v) is 3.87. The van der Waals surface area contributed by atoms with Gasteiger partial charge in [0.1, 0.15) is 0 Å². The molecule has 9 nitrogen and oxygen atoms in total. The van der Waals surface area contributed by atoms with Crippen molar-refractivity contribution in [1.82, 2.24) is 25.2 Å². The zero-order valence-electron chi connectivity index (χ0n) is 17.8. The zero-order chi connectivity index (χ0) is 21.5. The van der Waals surface area contributed by atoms with Gasteiger partial charge in [0.05, 0.1) is 18.0 Å². The molecule has 0 bridgehead atoms. The first-order valence-corrected chi connectivity index (χ1v) is 10.7. The summed E-state index contributed by atoms with van der Waals surface area (Å²) in [7, 11) is 0. The van der Waals surface area contributed by atoms with E-state index in [0.717, 1.165) is 23.6 Å². The number of aliphatic imine (C=N–C) groups is 1. The van der Waals surface area contributed by atoms with Crippen LogP contribution in [0.2, 0.25) is 0 Å². The van der Waals surface area contributed by atoms with E-state index in [4.69, 9.17) is 4.99 Å². The van der Waals surface area contributed by atoms with Crippen LogP contribution >= 0.6 is 24.0 Å². The van der Waals surface area contributed by atoms with E-state index in [1.54, 1.807) is 12.1 Å². The minimum Gasteiger partial charge on any atom is -0.356 e. The van der Waals surface area contributed by atoms with E-state index >= 15 is 0 Å². The van der Waals surface area contributed by atoms with Crippen LogP contribution < -0.4 is 10.6 Å². The van der Waals surface area contributed by atoms with Gasteiger partial charge in [-0.3, -0.25) is 14.5 Å². The summed E-state index contributed by atoms with van der Waals surface area (Å²) in [4.78, 5) is 15.2. The summed E-state index contributed by atoms with van der Waals surface area (Å²) in [5.41, 5.74) is 1.80. The van der Waals surface area contributed by atoms with Crippen LogP contribution in [0, 0.1) is 16.0 Å². The number of rotatable bonds is 7. The van der Waals surface area contributed by atoms with Crippen molar-refractivity contribution in [3.63, 3.8) is 0 Å². The van der Waals surface area contributed by atoms with E-state index in [-0.39, 0.29) is 29.7 Å². The Morgan fingerprint density at radius 2 is 1.88 bits per heavy atom. The summed E-state index contributed by atoms with van der Waals surface area (Å²) in [5, 5.41) is 26.1. The number of aromatic nitrogens is 3. The Morgan fingerprint density at radius 3 is 2.62 bits per heavy atom. The van der Waals surface area contributed by atoms with Gasteiger partial charge in [0.15, 0.2) is 17.4 Å². The number of benzene rings is 1. The normalized spacial score (nSPS) is 14.7. The van der Waals surface area contributed by atoms with Crippen molar-refractivity contribution in [1.29, 1.82) is 0 Å². The second kappa shape index (κ2) is 11.7. The number of nitro groups is 1. The highest BCUT2D eigenvalue weighted by atomic mass is 127. The predicted molar refractivity (Wildman–Crippen MR) is 134 cm³/mol. The molecular formula is C22H28IN7O2. The SMILES string of the molecule is I.O=[N+]([O-])c1ccc(CN=C(NCc2nnc3ccccn23)NCC2CCCCC2)cc1. The Balaban J connectivity index is 0.00000289. The molecule has 1 aliphatic rings. The van der Waals surface area contributed by atoms with Crippen LogP contribution in [-0.2, 0) is 13.1 Å². The molecule has 170 valence electrons. The topological polar surface area (TPSA) is 110 Å². The van der Waals surface area contributed by atoms with Gasteiger partial charge >= 0.3 is 0 Å². The van der Waals surface area contributed by atoms with Gasteiger partial charge in [0, 0.05) is 24.9 Å². The van der Waals surface area contributed by atoms with Crippen molar-refractivity contribution < 1.29 is 4.92 Å². The lowest BCUT2D eigenvalue weighted by atomic mass is 9.89. The molecule has 1 aliphatic carbocycles. The molecule has 0 saturated heterocycles. The minimum absolute atomic E-state index is 0. The molecule has 1 saturated carbocycles. The predicted octanol–water partition coefficient (Wildman–Crippen LogP) is 4.07. The van der Waals surface area contributed by atoms with Gasteiger partial charge in [-0.15, -0.1) is 34.2 Å². The third kappa shape index (κ3) is 6.38. The Labute approximate surface area is 203 Å². The van der Waals surface area contributed by atoms with Gasteiger partial charge in [-0.05, 0) is 36.5 Å². The van der Waals surface area contributed by atoms with Gasteiger partial charge in [0.2, 0.25) is 0 Å². The highest BCUT2D eigenvalue weighted by molar-refractivity contribution is 14.0. The molecule has 0 amide bonds. The fraction of sp³-hybridized carbons (Fsp3) is 0.409. The van der Waals surface area contributed by atoms with E-state index in [2.05, 4.69) is 20.8 Å². The van der Waals surface area contributed by atoms with Crippen molar-refractivity contribution in [3.05, 3.63) is 70.2 Å². The number of fused-ring (bicyclic) bond motifs is 1. The fourth-order valence-electron chi connectivity index (χ4n) is 3.87. The smallest absolute Gasteiger partial charge is 0.269 e. The molecule has 0 atom stereocenters. The molecule has 2 N–H and O–H groups in total. The second-order valence-corrected chi connectivity index (χ2v) is 7.87. The third-order valence-electron chi connectivity index (χ3n) is 5.65. The van der Waals surface area contributed by atoms with Crippen molar-refractivity contribution in [2.45, 2.75) is 45.2 Å². The average Bonchev–Trinajstić information content (AvgIpc) is 3.22. The Morgan fingerprint density at radius 1 is 1.09 bits per heavy atom. The molecule has 0 unspecified atom stereocenters. The van der Waals surface area contributed by atoms with Crippen LogP contribution in [0.3, 0.4) is 0 Å². The van der Waals surface area contributed by atoms with E-state index in [0.29, 0.717) is 25.0 Å². The van der Waals surface area contributed by atoms with Crippen molar-refractivity contribution >= 4 is 41.3 Å². The number of hydrogen-bond donors (Lipinski definition) is 2. The van der Waals surface area contributed by atoms with E-state index in [9.17, 15) is 10.1 Å². The highest BCUT2D eigenvalue weighted by Crippen LogP contribution is 2.22. The van der Waals surface area contributed by atoms with Gasteiger partial charge in [-0.2, -0.15) is 0 Å². The zero-order valence-corrected chi connectivity index (χ0v) is 20.1. The Hall–Kier alpha value is -2.76. The molecular weight excluding hydrogens is 521 g/mol. The number of nitro benzene ring substituents is 1. The number of nitrogens with one attached hydrogen (secondary N) is 2. The average molecular weight is 549 g/mol. The summed E-state index contributed by atoms with van der Waals surface area (Å²) in [5.74, 6) is 2.17. The first kappa shape index (κ1) is 23.9. The number of non-ortho nitro benzene ring substituents is 1. The largest absolute Gasteiger partial charge is 0.356 e. The molecule has 2 heterocycles. The lowest BCUT2D eigenvalue weighted by Gasteiger charge is -2.23. The standard InChI is InChI=1S/C22H27N7O2.HI/c30-29(31)19-11-9-18(10-12-19)15-24-22(23-14-17-6-2-1-3-7-17)25-16-21-27-26-20-8-4-5-13-28(20)21;/h4-5,8-13,17H,1-3,6-7,14-16H2,(H2,23,24,25);1H. The molecule has 10 heteroatoms. The number of nitrogens with zero attached hydrogens (tertiary/aromatic N) is 5. The molecule has 3 aromatic rings. The molecule has 0 spiro atoms. The van der Waals surface area contributed by atoms with Crippen LogP contribution in [0.4, 0.5) is 5.69 Å². The van der Waals surface area contributed by atoms with Crippen LogP contribution in [0.1, 0.15) is 43.5 Å². The van der Waals surface area contributed by atoms with Crippen LogP contribution in [-0.4, -0.2) is 32.0 Å². The summed E-state index contributed by atoms with van der Waals surface area (Å²) >= 11 is 0. The molecule has 2 aromatic heterocycles. The van der Waals surface area contributed by atoms with Gasteiger partial charge in [-0.1, -0.05) is 37.5 Å². The number of hydrogen-bond acceptors (Lipinski definition) is 5. The maximum Gasteiger partial charge on any atom is 0.269 e. The first-order chi connectivity index (χ1) is 15.2. The molecule has 32 heavy (non-hydrogen) atoms. The number of pyridine rings is 1. The summed E-state index contributed by atoms with van der Waals surface area (Å²) < 4.78 is 1.95. The molecule has 0 radical (unpaired) electrons. The van der Waals surface area contributed by atoms with Gasteiger partial charge in [0.25, 0.3) is 5.69 Å². The summed E-state index contributed by atoms with van der Waals surface area (Å²) in [6.07, 6.45) is 8.35. The van der Waals surface area contributed by atoms with Crippen molar-refractivity contribution in [2.75, 3.05) is 6.54 Å². The Kier molecular flexibility index (Phi) is 8.77. The van der Waals surface area contributed by atoms with E-state index in [1.165, 1.54) is 44.2 Å². The van der Waals surface area contributed by atoms with Gasteiger partial charge < -0.3 is 10.6 Å². The summed E-state index contributed by atoms with van der Waals surface area (Å²) in [6, 6.07) is 12.3. The van der Waals surface area contributed by atoms with Crippen molar-refractivity contribution in [3.8, 4) is 0 Å². The minimum atomic E-state index is -0.394. The molecule has 1 fully saturated rings. The first-order valence-electron chi connectivity index (χ1n) is 10.7. The second-order valence-electron chi connectivity index (χ2n) is 7.87. The van der Waals surface area contributed by atoms with E-state index < -0.39 is 4.92 Å². The highest BCUT2D eigenvalue weighted by Gasteiger charge is 2.14. The maximum atomic E-state index is 10.8. The summed E-state index contributed by atoms with van der Waals surface area (Å²) in [6.45, 7) is 1.80. The maximum absolute atomic E-state index is 10.8. The monoisotopic (exact) mass is 549 g/mol. The van der Waals surface area contributed by atoms with E-state index in [1.807, 2.05) is 28.8 Å². The molecule has 0 aliphatic heterocycles. The lowest BCUT2D eigenvalue weighted by Crippen LogP contribution is -2.40. The quantitative estimate of drug-likeness (QED) is 0.151. The third-order valence-corrected chi connectivity index (χ3v) is 5.65. The van der Waals surface area contributed by atoms with Crippen LogP contribution in [0.15, 0.2) is 53.7 Å². The number of guanidine groups is 1. The van der Waals surface area contributed by atoms with Crippen LogP contribution in [0.5, 0.6) is 0 Å². The van der Waals surface area contributed by atoms with Crippen LogP contribution in [0.25, 0.3) is 5.65 Å². The Bertz CT molecular complexity index is 1050. The molecule has 4 rings (SSSR count). The lowest BCUT2D eigenvalue weighted by molar-refractivity contribution is -0.384.